The Balaban J connectivity index is 3.00. The van der Waals surface area contributed by atoms with E-state index in [1.807, 2.05) is 6.07 Å². The molecule has 0 amide bonds. The van der Waals surface area contributed by atoms with Crippen LogP contribution in [0.4, 0.5) is 5.69 Å². The first kappa shape index (κ1) is 9.36. The van der Waals surface area contributed by atoms with E-state index in [1.165, 1.54) is 12.1 Å². The summed E-state index contributed by atoms with van der Waals surface area (Å²) >= 11 is 0. The summed E-state index contributed by atoms with van der Waals surface area (Å²) in [6.45, 7) is 0. The molecule has 0 spiro atoms. The zero-order chi connectivity index (χ0) is 9.84. The van der Waals surface area contributed by atoms with Crippen molar-refractivity contribution in [3.05, 3.63) is 23.8 Å². The molecule has 0 aromatic heterocycles. The lowest BCUT2D eigenvalue weighted by Crippen LogP contribution is -2.11. The molecule has 0 saturated heterocycles. The largest absolute Gasteiger partial charge is 0.508 e. The maximum Gasteiger partial charge on any atom is 0.116 e. The fourth-order valence-electron chi connectivity index (χ4n) is 1.09. The van der Waals surface area contributed by atoms with Crippen LogP contribution in [0.5, 0.6) is 5.75 Å². The molecule has 0 heterocycles. The molecular weight excluding hydrogens is 166 g/mol. The van der Waals surface area contributed by atoms with Crippen molar-refractivity contribution in [1.29, 1.82) is 5.26 Å². The third-order valence-corrected chi connectivity index (χ3v) is 1.78. The fraction of sp³-hybridized carbons (Fsp3) is 0.222. The van der Waals surface area contributed by atoms with Crippen LogP contribution in [0, 0.1) is 11.3 Å². The number of anilines is 1. The Labute approximate surface area is 76.4 Å². The number of phenolic OH excluding ortho intramolecular Hbond substituents is 1. The van der Waals surface area contributed by atoms with Crippen molar-refractivity contribution in [3.63, 3.8) is 0 Å². The van der Waals surface area contributed by atoms with E-state index >= 15 is 0 Å². The lowest BCUT2D eigenvalue weighted by molar-refractivity contribution is 0.474. The van der Waals surface area contributed by atoms with Gasteiger partial charge in [-0.25, -0.2) is 0 Å². The first-order chi connectivity index (χ1) is 6.15. The molecule has 1 aromatic carbocycles. The lowest BCUT2D eigenvalue weighted by Gasteiger charge is -2.10. The normalized spacial score (nSPS) is 12.0. The van der Waals surface area contributed by atoms with Gasteiger partial charge in [-0.2, -0.15) is 5.26 Å². The number of rotatable bonds is 2. The van der Waals surface area contributed by atoms with Crippen molar-refractivity contribution in [2.24, 2.45) is 5.73 Å². The molecule has 0 bridgehead atoms. The monoisotopic (exact) mass is 177 g/mol. The summed E-state index contributed by atoms with van der Waals surface area (Å²) in [5, 5.41) is 17.6. The van der Waals surface area contributed by atoms with Crippen LogP contribution in [0.3, 0.4) is 0 Å². The Morgan fingerprint density at radius 1 is 1.54 bits per heavy atom. The van der Waals surface area contributed by atoms with E-state index < -0.39 is 6.04 Å². The summed E-state index contributed by atoms with van der Waals surface area (Å²) in [4.78, 5) is 0. The first-order valence-corrected chi connectivity index (χ1v) is 3.86. The van der Waals surface area contributed by atoms with Crippen LogP contribution in [-0.4, -0.2) is 5.11 Å². The second-order valence-corrected chi connectivity index (χ2v) is 2.78. The van der Waals surface area contributed by atoms with Crippen molar-refractivity contribution in [1.82, 2.24) is 0 Å². The zero-order valence-electron chi connectivity index (χ0n) is 7.07. The van der Waals surface area contributed by atoms with Gasteiger partial charge >= 0.3 is 0 Å². The minimum Gasteiger partial charge on any atom is -0.508 e. The quantitative estimate of drug-likeness (QED) is 0.461. The van der Waals surface area contributed by atoms with Crippen molar-refractivity contribution in [2.45, 2.75) is 12.5 Å². The van der Waals surface area contributed by atoms with Crippen molar-refractivity contribution < 1.29 is 5.11 Å². The third kappa shape index (κ3) is 2.10. The van der Waals surface area contributed by atoms with Crippen molar-refractivity contribution in [2.75, 3.05) is 5.73 Å². The number of nitrogen functional groups attached to an aromatic ring is 1. The van der Waals surface area contributed by atoms with Crippen LogP contribution in [0.2, 0.25) is 0 Å². The van der Waals surface area contributed by atoms with Gasteiger partial charge in [-0.05, 0) is 23.8 Å². The Hall–Kier alpha value is -1.73. The Bertz CT molecular complexity index is 343. The third-order valence-electron chi connectivity index (χ3n) is 1.78. The SMILES string of the molecule is N#CC[C@H](N)c1cc(O)ccc1N. The van der Waals surface area contributed by atoms with E-state index in [2.05, 4.69) is 0 Å². The van der Waals surface area contributed by atoms with Gasteiger partial charge in [0.05, 0.1) is 12.5 Å². The van der Waals surface area contributed by atoms with E-state index in [0.29, 0.717) is 11.3 Å². The van der Waals surface area contributed by atoms with Crippen LogP contribution >= 0.6 is 0 Å². The highest BCUT2D eigenvalue weighted by atomic mass is 16.3. The minimum atomic E-state index is -0.433. The molecule has 0 unspecified atom stereocenters. The van der Waals surface area contributed by atoms with E-state index in [4.69, 9.17) is 21.8 Å². The van der Waals surface area contributed by atoms with Gasteiger partial charge < -0.3 is 16.6 Å². The number of aromatic hydroxyl groups is 1. The number of benzene rings is 1. The molecular formula is C9H11N3O. The lowest BCUT2D eigenvalue weighted by atomic mass is 10.0. The van der Waals surface area contributed by atoms with Crippen molar-refractivity contribution >= 4 is 5.69 Å². The molecule has 5 N–H and O–H groups in total. The second-order valence-electron chi connectivity index (χ2n) is 2.78. The Morgan fingerprint density at radius 3 is 2.85 bits per heavy atom. The number of hydrogen-bond donors (Lipinski definition) is 3. The Morgan fingerprint density at radius 2 is 2.23 bits per heavy atom. The molecule has 0 radical (unpaired) electrons. The van der Waals surface area contributed by atoms with Gasteiger partial charge in [-0.3, -0.25) is 0 Å². The predicted octanol–water partition coefficient (Wildman–Crippen LogP) is 0.888. The maximum absolute atomic E-state index is 9.16. The molecule has 1 aromatic rings. The molecule has 4 nitrogen and oxygen atoms in total. The van der Waals surface area contributed by atoms with Crippen LogP contribution in [0.1, 0.15) is 18.0 Å². The average Bonchev–Trinajstić information content (AvgIpc) is 2.09. The molecule has 1 rings (SSSR count). The van der Waals surface area contributed by atoms with Gasteiger partial charge in [0.15, 0.2) is 0 Å². The highest BCUT2D eigenvalue weighted by Crippen LogP contribution is 2.24. The summed E-state index contributed by atoms with van der Waals surface area (Å²) in [5.41, 5.74) is 12.4. The zero-order valence-corrected chi connectivity index (χ0v) is 7.07. The van der Waals surface area contributed by atoms with E-state index in [1.54, 1.807) is 6.07 Å². The van der Waals surface area contributed by atoms with Crippen LogP contribution in [0.15, 0.2) is 18.2 Å². The van der Waals surface area contributed by atoms with E-state index in [-0.39, 0.29) is 12.2 Å². The highest BCUT2D eigenvalue weighted by Gasteiger charge is 2.09. The number of hydrogen-bond acceptors (Lipinski definition) is 4. The fourth-order valence-corrected chi connectivity index (χ4v) is 1.09. The maximum atomic E-state index is 9.16. The predicted molar refractivity (Wildman–Crippen MR) is 49.7 cm³/mol. The second kappa shape index (κ2) is 3.78. The Kier molecular flexibility index (Phi) is 2.72. The molecule has 4 heteroatoms. The van der Waals surface area contributed by atoms with Gasteiger partial charge in [0.1, 0.15) is 5.75 Å². The molecule has 0 aliphatic heterocycles. The number of phenols is 1. The van der Waals surface area contributed by atoms with E-state index in [9.17, 15) is 0 Å². The number of nitrogens with two attached hydrogens (primary N) is 2. The number of nitrogens with zero attached hydrogens (tertiary/aromatic N) is 1. The average molecular weight is 177 g/mol. The molecule has 0 aliphatic rings. The summed E-state index contributed by atoms with van der Waals surface area (Å²) in [6, 6.07) is 6.06. The highest BCUT2D eigenvalue weighted by molar-refractivity contribution is 5.51. The smallest absolute Gasteiger partial charge is 0.116 e. The van der Waals surface area contributed by atoms with Gasteiger partial charge in [0.2, 0.25) is 0 Å². The minimum absolute atomic E-state index is 0.109. The summed E-state index contributed by atoms with van der Waals surface area (Å²) < 4.78 is 0. The topological polar surface area (TPSA) is 96.1 Å². The molecule has 0 saturated carbocycles. The van der Waals surface area contributed by atoms with Crippen LogP contribution in [-0.2, 0) is 0 Å². The molecule has 13 heavy (non-hydrogen) atoms. The van der Waals surface area contributed by atoms with Gasteiger partial charge in [-0.15, -0.1) is 0 Å². The van der Waals surface area contributed by atoms with Crippen LogP contribution in [0.25, 0.3) is 0 Å². The van der Waals surface area contributed by atoms with Crippen LogP contribution < -0.4 is 11.5 Å². The van der Waals surface area contributed by atoms with Gasteiger partial charge in [0.25, 0.3) is 0 Å². The summed E-state index contributed by atoms with van der Waals surface area (Å²) in [7, 11) is 0. The number of nitriles is 1. The standard InChI is InChI=1S/C9H11N3O/c10-4-3-9(12)7-5-6(13)1-2-8(7)11/h1-2,5,9,13H,3,11-12H2/t9-/m0/s1. The van der Waals surface area contributed by atoms with Gasteiger partial charge in [-0.1, -0.05) is 0 Å². The summed E-state index contributed by atoms with van der Waals surface area (Å²) in [6.07, 6.45) is 0.188. The molecule has 0 aliphatic carbocycles. The van der Waals surface area contributed by atoms with E-state index in [0.717, 1.165) is 0 Å². The molecule has 1 atom stereocenters. The van der Waals surface area contributed by atoms with Gasteiger partial charge in [0, 0.05) is 11.7 Å². The molecule has 68 valence electrons. The summed E-state index contributed by atoms with van der Waals surface area (Å²) in [5.74, 6) is 0.109. The molecule has 0 fully saturated rings. The first-order valence-electron chi connectivity index (χ1n) is 3.86. The van der Waals surface area contributed by atoms with Crippen molar-refractivity contribution in [3.8, 4) is 11.8 Å².